The van der Waals surface area contributed by atoms with Crippen molar-refractivity contribution < 1.29 is 9.90 Å². The standard InChI is InChI=1S/C8H11BO2S/c1-3-5-7(9)12-6(4-2)8(10)11/h4-5H,3H2,1-2H3,(H,10,11)/b6-4-,7-5-. The maximum Gasteiger partial charge on any atom is 0.342 e. The van der Waals surface area contributed by atoms with Gasteiger partial charge in [0.05, 0.1) is 4.91 Å². The number of carboxylic acids is 1. The normalized spacial score (nSPS) is 13.2. The zero-order valence-corrected chi connectivity index (χ0v) is 8.02. The molecule has 64 valence electrons. The number of thioether (sulfide) groups is 1. The summed E-state index contributed by atoms with van der Waals surface area (Å²) in [7, 11) is 5.52. The first-order valence-electron chi connectivity index (χ1n) is 3.64. The summed E-state index contributed by atoms with van der Waals surface area (Å²) in [4.78, 5) is 11.3. The van der Waals surface area contributed by atoms with Crippen LogP contribution in [0.15, 0.2) is 21.9 Å². The van der Waals surface area contributed by atoms with Crippen molar-refractivity contribution >= 4 is 25.6 Å². The van der Waals surface area contributed by atoms with Gasteiger partial charge in [0, 0.05) is 0 Å². The Morgan fingerprint density at radius 1 is 1.67 bits per heavy atom. The van der Waals surface area contributed by atoms with Crippen LogP contribution in [0.25, 0.3) is 0 Å². The monoisotopic (exact) mass is 182 g/mol. The third-order valence-corrected chi connectivity index (χ3v) is 2.14. The molecule has 0 heterocycles. The molecule has 0 aliphatic rings. The molecule has 0 fully saturated rings. The molecule has 4 heteroatoms. The van der Waals surface area contributed by atoms with Gasteiger partial charge in [0.1, 0.15) is 7.85 Å². The number of aliphatic carboxylic acids is 1. The van der Waals surface area contributed by atoms with Crippen LogP contribution in [0.2, 0.25) is 0 Å². The zero-order valence-electron chi connectivity index (χ0n) is 7.20. The van der Waals surface area contributed by atoms with Crippen molar-refractivity contribution in [2.24, 2.45) is 0 Å². The van der Waals surface area contributed by atoms with E-state index in [1.165, 1.54) is 6.08 Å². The Bertz CT molecular complexity index is 221. The van der Waals surface area contributed by atoms with Crippen molar-refractivity contribution in [1.82, 2.24) is 0 Å². The van der Waals surface area contributed by atoms with Crippen LogP contribution in [0.1, 0.15) is 20.3 Å². The van der Waals surface area contributed by atoms with Gasteiger partial charge in [-0.05, 0) is 13.3 Å². The Morgan fingerprint density at radius 3 is 2.58 bits per heavy atom. The lowest BCUT2D eigenvalue weighted by Crippen LogP contribution is -1.96. The highest BCUT2D eigenvalue weighted by atomic mass is 32.2. The van der Waals surface area contributed by atoms with Gasteiger partial charge in [0.2, 0.25) is 0 Å². The van der Waals surface area contributed by atoms with E-state index in [1.807, 2.05) is 6.92 Å². The number of carbonyl (C=O) groups is 1. The first kappa shape index (κ1) is 11.4. The molecule has 0 bridgehead atoms. The van der Waals surface area contributed by atoms with E-state index in [9.17, 15) is 4.79 Å². The Morgan fingerprint density at radius 2 is 2.25 bits per heavy atom. The first-order chi connectivity index (χ1) is 5.61. The van der Waals surface area contributed by atoms with Crippen LogP contribution in [0, 0.1) is 0 Å². The van der Waals surface area contributed by atoms with E-state index in [2.05, 4.69) is 0 Å². The van der Waals surface area contributed by atoms with E-state index >= 15 is 0 Å². The highest BCUT2D eigenvalue weighted by Crippen LogP contribution is 2.22. The van der Waals surface area contributed by atoms with Crippen LogP contribution in [-0.2, 0) is 4.79 Å². The molecule has 2 nitrogen and oxygen atoms in total. The SMILES string of the molecule is [B]/C(=C/CC)S/C(=C\C)C(=O)O. The number of hydrogen-bond donors (Lipinski definition) is 1. The average molecular weight is 182 g/mol. The van der Waals surface area contributed by atoms with E-state index in [4.69, 9.17) is 13.0 Å². The van der Waals surface area contributed by atoms with Crippen molar-refractivity contribution in [2.75, 3.05) is 0 Å². The van der Waals surface area contributed by atoms with Gasteiger partial charge in [-0.15, -0.1) is 0 Å². The molecule has 0 spiro atoms. The molecule has 0 unspecified atom stereocenters. The summed E-state index contributed by atoms with van der Waals surface area (Å²) in [5.74, 6) is -0.935. The minimum atomic E-state index is -0.935. The van der Waals surface area contributed by atoms with Gasteiger partial charge in [0.15, 0.2) is 0 Å². The maximum absolute atomic E-state index is 10.5. The van der Waals surface area contributed by atoms with Crippen LogP contribution >= 0.6 is 11.8 Å². The number of allylic oxidation sites excluding steroid dienone is 2. The summed E-state index contributed by atoms with van der Waals surface area (Å²) in [6.07, 6.45) is 4.13. The Kier molecular flexibility index (Phi) is 5.63. The van der Waals surface area contributed by atoms with Crippen LogP contribution in [0.3, 0.4) is 0 Å². The Labute approximate surface area is 78.1 Å². The molecule has 0 atom stereocenters. The van der Waals surface area contributed by atoms with Gasteiger partial charge in [-0.1, -0.05) is 35.6 Å². The number of hydrogen-bond acceptors (Lipinski definition) is 2. The molecular weight excluding hydrogens is 171 g/mol. The second-order valence-corrected chi connectivity index (χ2v) is 3.19. The highest BCUT2D eigenvalue weighted by molar-refractivity contribution is 8.08. The quantitative estimate of drug-likeness (QED) is 0.534. The smallest absolute Gasteiger partial charge is 0.342 e. The van der Waals surface area contributed by atoms with Crippen LogP contribution in [0.4, 0.5) is 0 Å². The molecule has 12 heavy (non-hydrogen) atoms. The molecule has 0 aliphatic carbocycles. The summed E-state index contributed by atoms with van der Waals surface area (Å²) < 4.78 is 0. The fourth-order valence-corrected chi connectivity index (χ4v) is 1.30. The van der Waals surface area contributed by atoms with Crippen molar-refractivity contribution in [3.8, 4) is 0 Å². The third-order valence-electron chi connectivity index (χ3n) is 1.11. The first-order valence-corrected chi connectivity index (χ1v) is 4.46. The minimum Gasteiger partial charge on any atom is -0.477 e. The predicted molar refractivity (Wildman–Crippen MR) is 53.1 cm³/mol. The van der Waals surface area contributed by atoms with Gasteiger partial charge < -0.3 is 5.11 Å². The van der Waals surface area contributed by atoms with Gasteiger partial charge in [0.25, 0.3) is 0 Å². The Hall–Kier alpha value is -0.635. The van der Waals surface area contributed by atoms with Crippen molar-refractivity contribution in [3.05, 3.63) is 21.9 Å². The largest absolute Gasteiger partial charge is 0.477 e. The predicted octanol–water partition coefficient (Wildman–Crippen LogP) is 2.13. The average Bonchev–Trinajstić information content (AvgIpc) is 2.00. The van der Waals surface area contributed by atoms with Crippen LogP contribution in [0.5, 0.6) is 0 Å². The van der Waals surface area contributed by atoms with Crippen LogP contribution in [-0.4, -0.2) is 18.9 Å². The second-order valence-electron chi connectivity index (χ2n) is 2.07. The Balaban J connectivity index is 4.23. The molecule has 0 amide bonds. The van der Waals surface area contributed by atoms with Gasteiger partial charge in [-0.25, -0.2) is 4.79 Å². The summed E-state index contributed by atoms with van der Waals surface area (Å²) in [5, 5.41) is 8.62. The molecule has 0 saturated carbocycles. The molecule has 0 saturated heterocycles. The lowest BCUT2D eigenvalue weighted by molar-refractivity contribution is -0.131. The summed E-state index contributed by atoms with van der Waals surface area (Å²) in [6.45, 7) is 3.62. The molecule has 0 aromatic rings. The van der Waals surface area contributed by atoms with E-state index in [0.717, 1.165) is 18.2 Å². The highest BCUT2D eigenvalue weighted by Gasteiger charge is 2.05. The maximum atomic E-state index is 10.5. The van der Waals surface area contributed by atoms with E-state index in [-0.39, 0.29) is 4.91 Å². The number of carboxylic acid groups (broad SMARTS) is 1. The molecule has 0 rings (SSSR count). The van der Waals surface area contributed by atoms with Crippen molar-refractivity contribution in [2.45, 2.75) is 20.3 Å². The summed E-state index contributed by atoms with van der Waals surface area (Å²) in [6, 6.07) is 0. The molecule has 0 aliphatic heterocycles. The van der Waals surface area contributed by atoms with Gasteiger partial charge in [-0.3, -0.25) is 0 Å². The molecule has 0 aromatic carbocycles. The fourth-order valence-electron chi connectivity index (χ4n) is 0.596. The molecule has 2 radical (unpaired) electrons. The molecule has 1 N–H and O–H groups in total. The lowest BCUT2D eigenvalue weighted by atomic mass is 10.1. The molecular formula is C8H11BO2S. The third kappa shape index (κ3) is 4.29. The summed E-state index contributed by atoms with van der Waals surface area (Å²) in [5.41, 5.74) is 0. The minimum absolute atomic E-state index is 0.261. The summed E-state index contributed by atoms with van der Waals surface area (Å²) >= 11 is 1.08. The van der Waals surface area contributed by atoms with Gasteiger partial charge >= 0.3 is 5.97 Å². The van der Waals surface area contributed by atoms with Gasteiger partial charge in [-0.2, -0.15) is 0 Å². The zero-order chi connectivity index (χ0) is 9.56. The number of rotatable bonds is 4. The topological polar surface area (TPSA) is 37.3 Å². The van der Waals surface area contributed by atoms with E-state index in [0.29, 0.717) is 4.80 Å². The fraction of sp³-hybridized carbons (Fsp3) is 0.375. The van der Waals surface area contributed by atoms with Crippen molar-refractivity contribution in [1.29, 1.82) is 0 Å². The lowest BCUT2D eigenvalue weighted by Gasteiger charge is -2.00. The van der Waals surface area contributed by atoms with E-state index < -0.39 is 5.97 Å². The molecule has 0 aromatic heterocycles. The van der Waals surface area contributed by atoms with Crippen molar-refractivity contribution in [3.63, 3.8) is 0 Å². The van der Waals surface area contributed by atoms with Crippen LogP contribution < -0.4 is 0 Å². The second kappa shape index (κ2) is 5.95. The van der Waals surface area contributed by atoms with E-state index in [1.54, 1.807) is 13.0 Å².